The molecule has 0 spiro atoms. The second-order valence-electron chi connectivity index (χ2n) is 4.40. The van der Waals surface area contributed by atoms with E-state index >= 15 is 0 Å². The quantitative estimate of drug-likeness (QED) is 0.740. The second kappa shape index (κ2) is 5.27. The minimum absolute atomic E-state index is 0.181. The topological polar surface area (TPSA) is 72.2 Å². The van der Waals surface area contributed by atoms with E-state index in [-0.39, 0.29) is 6.42 Å². The third kappa shape index (κ3) is 2.71. The highest BCUT2D eigenvalue weighted by Gasteiger charge is 2.41. The van der Waals surface area contributed by atoms with Crippen molar-refractivity contribution in [2.45, 2.75) is 57.2 Å². The molecule has 5 heteroatoms. The van der Waals surface area contributed by atoms with Gasteiger partial charge in [0.25, 0.3) is 5.91 Å². The minimum atomic E-state index is -1.54. The standard InChI is InChI=1S/C11H19FN2O2/c1-2-5-8(12)9(15)14-11(10(13)16)6-3-4-7-11/h8H,2-7H2,1H3,(H2,13,16)(H,14,15). The summed E-state index contributed by atoms with van der Waals surface area (Å²) in [5.74, 6) is -1.26. The lowest BCUT2D eigenvalue weighted by molar-refractivity contribution is -0.134. The van der Waals surface area contributed by atoms with Crippen LogP contribution in [-0.4, -0.2) is 23.5 Å². The van der Waals surface area contributed by atoms with E-state index in [0.717, 1.165) is 12.8 Å². The first-order chi connectivity index (χ1) is 7.52. The summed E-state index contributed by atoms with van der Waals surface area (Å²) in [7, 11) is 0. The molecular formula is C11H19FN2O2. The highest BCUT2D eigenvalue weighted by molar-refractivity contribution is 5.92. The molecule has 0 aromatic carbocycles. The van der Waals surface area contributed by atoms with E-state index in [0.29, 0.717) is 19.3 Å². The third-order valence-corrected chi connectivity index (χ3v) is 3.12. The number of alkyl halides is 1. The van der Waals surface area contributed by atoms with E-state index < -0.39 is 23.5 Å². The number of nitrogens with two attached hydrogens (primary N) is 1. The highest BCUT2D eigenvalue weighted by Crippen LogP contribution is 2.29. The van der Waals surface area contributed by atoms with Crippen molar-refractivity contribution in [2.75, 3.05) is 0 Å². The Morgan fingerprint density at radius 2 is 2.00 bits per heavy atom. The molecule has 0 aliphatic heterocycles. The van der Waals surface area contributed by atoms with Gasteiger partial charge in [-0.15, -0.1) is 0 Å². The van der Waals surface area contributed by atoms with Crippen LogP contribution < -0.4 is 11.1 Å². The van der Waals surface area contributed by atoms with Gasteiger partial charge < -0.3 is 11.1 Å². The van der Waals surface area contributed by atoms with Crippen LogP contribution in [0.25, 0.3) is 0 Å². The van der Waals surface area contributed by atoms with Gasteiger partial charge in [-0.3, -0.25) is 9.59 Å². The van der Waals surface area contributed by atoms with Crippen LogP contribution in [0.15, 0.2) is 0 Å². The molecule has 1 saturated carbocycles. The Bertz CT molecular complexity index is 275. The first-order valence-electron chi connectivity index (χ1n) is 5.78. The van der Waals surface area contributed by atoms with E-state index in [4.69, 9.17) is 5.73 Å². The smallest absolute Gasteiger partial charge is 0.255 e. The molecular weight excluding hydrogens is 211 g/mol. The lowest BCUT2D eigenvalue weighted by Gasteiger charge is -2.27. The van der Waals surface area contributed by atoms with Crippen LogP contribution in [0.2, 0.25) is 0 Å². The fourth-order valence-corrected chi connectivity index (χ4v) is 2.11. The Morgan fingerprint density at radius 3 is 2.44 bits per heavy atom. The van der Waals surface area contributed by atoms with Crippen molar-refractivity contribution in [3.63, 3.8) is 0 Å². The van der Waals surface area contributed by atoms with Crippen molar-refractivity contribution >= 4 is 11.8 Å². The van der Waals surface area contributed by atoms with Crippen molar-refractivity contribution < 1.29 is 14.0 Å². The predicted molar refractivity (Wildman–Crippen MR) is 58.3 cm³/mol. The molecule has 4 nitrogen and oxygen atoms in total. The Morgan fingerprint density at radius 1 is 1.44 bits per heavy atom. The number of carbonyl (C=O) groups excluding carboxylic acids is 2. The summed E-state index contributed by atoms with van der Waals surface area (Å²) in [6.07, 6.45) is 1.96. The van der Waals surface area contributed by atoms with Gasteiger partial charge in [0.2, 0.25) is 5.91 Å². The van der Waals surface area contributed by atoms with Gasteiger partial charge in [-0.25, -0.2) is 4.39 Å². The molecule has 1 aliphatic carbocycles. The molecule has 2 amide bonds. The van der Waals surface area contributed by atoms with Gasteiger partial charge in [0.1, 0.15) is 5.54 Å². The van der Waals surface area contributed by atoms with Gasteiger partial charge in [0.05, 0.1) is 0 Å². The molecule has 0 heterocycles. The van der Waals surface area contributed by atoms with Crippen LogP contribution in [0.1, 0.15) is 45.4 Å². The summed E-state index contributed by atoms with van der Waals surface area (Å²) in [6.45, 7) is 1.80. The van der Waals surface area contributed by atoms with Gasteiger partial charge in [-0.05, 0) is 19.3 Å². The SMILES string of the molecule is CCCC(F)C(=O)NC1(C(N)=O)CCCC1. The molecule has 0 radical (unpaired) electrons. The Hall–Kier alpha value is -1.13. The van der Waals surface area contributed by atoms with Crippen molar-refractivity contribution in [3.8, 4) is 0 Å². The lowest BCUT2D eigenvalue weighted by atomic mass is 9.96. The van der Waals surface area contributed by atoms with Crippen molar-refractivity contribution in [2.24, 2.45) is 5.73 Å². The van der Waals surface area contributed by atoms with E-state index in [9.17, 15) is 14.0 Å². The van der Waals surface area contributed by atoms with Crippen molar-refractivity contribution in [1.29, 1.82) is 0 Å². The maximum atomic E-state index is 13.3. The summed E-state index contributed by atoms with van der Waals surface area (Å²) >= 11 is 0. The van der Waals surface area contributed by atoms with Crippen molar-refractivity contribution in [1.82, 2.24) is 5.32 Å². The lowest BCUT2D eigenvalue weighted by Crippen LogP contribution is -2.57. The van der Waals surface area contributed by atoms with Gasteiger partial charge in [0.15, 0.2) is 6.17 Å². The normalized spacial score (nSPS) is 20.4. The largest absolute Gasteiger partial charge is 0.368 e. The van der Waals surface area contributed by atoms with Crippen LogP contribution in [0.3, 0.4) is 0 Å². The maximum Gasteiger partial charge on any atom is 0.255 e. The first kappa shape index (κ1) is 12.9. The molecule has 1 unspecified atom stereocenters. The molecule has 92 valence electrons. The zero-order chi connectivity index (χ0) is 12.2. The highest BCUT2D eigenvalue weighted by atomic mass is 19.1. The summed E-state index contributed by atoms with van der Waals surface area (Å²) in [4.78, 5) is 22.8. The Balaban J connectivity index is 2.62. The molecule has 16 heavy (non-hydrogen) atoms. The zero-order valence-corrected chi connectivity index (χ0v) is 9.59. The average molecular weight is 230 g/mol. The second-order valence-corrected chi connectivity index (χ2v) is 4.40. The number of hydrogen-bond acceptors (Lipinski definition) is 2. The molecule has 3 N–H and O–H groups in total. The van der Waals surface area contributed by atoms with Crippen LogP contribution in [0.4, 0.5) is 4.39 Å². The first-order valence-corrected chi connectivity index (χ1v) is 5.78. The number of amides is 2. The molecule has 0 bridgehead atoms. The number of halogens is 1. The van der Waals surface area contributed by atoms with Gasteiger partial charge in [0, 0.05) is 0 Å². The van der Waals surface area contributed by atoms with Crippen LogP contribution in [-0.2, 0) is 9.59 Å². The van der Waals surface area contributed by atoms with Crippen LogP contribution in [0.5, 0.6) is 0 Å². The van der Waals surface area contributed by atoms with Crippen LogP contribution >= 0.6 is 0 Å². The summed E-state index contributed by atoms with van der Waals surface area (Å²) in [5.41, 5.74) is 4.27. The summed E-state index contributed by atoms with van der Waals surface area (Å²) in [6, 6.07) is 0. The summed E-state index contributed by atoms with van der Waals surface area (Å²) < 4.78 is 13.3. The molecule has 0 saturated heterocycles. The van der Waals surface area contributed by atoms with E-state index in [1.807, 2.05) is 0 Å². The van der Waals surface area contributed by atoms with E-state index in [1.54, 1.807) is 6.92 Å². The van der Waals surface area contributed by atoms with Gasteiger partial charge >= 0.3 is 0 Å². The number of primary amides is 1. The molecule has 1 aliphatic rings. The fourth-order valence-electron chi connectivity index (χ4n) is 2.11. The molecule has 1 atom stereocenters. The predicted octanol–water partition coefficient (Wildman–Crippen LogP) is 1.04. The minimum Gasteiger partial charge on any atom is -0.368 e. The van der Waals surface area contributed by atoms with E-state index in [1.165, 1.54) is 0 Å². The molecule has 0 aromatic heterocycles. The van der Waals surface area contributed by atoms with Gasteiger partial charge in [-0.1, -0.05) is 26.2 Å². The molecule has 1 fully saturated rings. The monoisotopic (exact) mass is 230 g/mol. The fraction of sp³-hybridized carbons (Fsp3) is 0.818. The number of rotatable bonds is 5. The average Bonchev–Trinajstić information content (AvgIpc) is 2.68. The number of hydrogen-bond donors (Lipinski definition) is 2. The number of carbonyl (C=O) groups is 2. The zero-order valence-electron chi connectivity index (χ0n) is 9.59. The van der Waals surface area contributed by atoms with Crippen molar-refractivity contribution in [3.05, 3.63) is 0 Å². The molecule has 0 aromatic rings. The number of nitrogens with one attached hydrogen (secondary N) is 1. The maximum absolute atomic E-state index is 13.3. The summed E-state index contributed by atoms with van der Waals surface area (Å²) in [5, 5.41) is 2.49. The third-order valence-electron chi connectivity index (χ3n) is 3.12. The van der Waals surface area contributed by atoms with Crippen LogP contribution in [0, 0.1) is 0 Å². The molecule has 1 rings (SSSR count). The van der Waals surface area contributed by atoms with E-state index in [2.05, 4.69) is 5.32 Å². The Labute approximate surface area is 94.8 Å². The Kier molecular flexibility index (Phi) is 4.26. The van der Waals surface area contributed by atoms with Gasteiger partial charge in [-0.2, -0.15) is 0 Å².